The molecule has 1 spiro atoms. The van der Waals surface area contributed by atoms with Gasteiger partial charge in [-0.3, -0.25) is 14.5 Å². The van der Waals surface area contributed by atoms with Crippen molar-refractivity contribution in [3.8, 4) is 17.2 Å². The lowest BCUT2D eigenvalue weighted by Gasteiger charge is -2.42. The van der Waals surface area contributed by atoms with E-state index in [1.807, 2.05) is 6.92 Å². The maximum absolute atomic E-state index is 13.6. The van der Waals surface area contributed by atoms with Crippen LogP contribution in [0.15, 0.2) is 17.8 Å². The lowest BCUT2D eigenvalue weighted by Crippen LogP contribution is -2.57. The van der Waals surface area contributed by atoms with E-state index >= 15 is 0 Å². The molecule has 0 radical (unpaired) electrons. The molecule has 1 aromatic rings. The number of hydrogen-bond acceptors (Lipinski definition) is 8. The normalized spacial score (nSPS) is 25.5. The van der Waals surface area contributed by atoms with Gasteiger partial charge in [0, 0.05) is 48.9 Å². The zero-order valence-electron chi connectivity index (χ0n) is 19.7. The maximum Gasteiger partial charge on any atom is 0.236 e. The van der Waals surface area contributed by atoms with Crippen LogP contribution in [-0.2, 0) is 9.53 Å². The van der Waals surface area contributed by atoms with Gasteiger partial charge in [-0.2, -0.15) is 0 Å². The number of nitrogens with one attached hydrogen (secondary N) is 1. The van der Waals surface area contributed by atoms with Crippen LogP contribution in [0.25, 0.3) is 0 Å². The molecule has 2 aliphatic heterocycles. The summed E-state index contributed by atoms with van der Waals surface area (Å²) in [5, 5.41) is 3.59. The monoisotopic (exact) mass is 478 g/mol. The van der Waals surface area contributed by atoms with Crippen LogP contribution in [0.4, 0.5) is 0 Å². The lowest BCUT2D eigenvalue weighted by atomic mass is 9.74. The number of nitrogens with zero attached hydrogens (tertiary/aromatic N) is 1. The molecule has 180 valence electrons. The molecule has 0 bridgehead atoms. The molecule has 1 saturated heterocycles. The Morgan fingerprint density at radius 2 is 1.88 bits per heavy atom. The molecular weight excluding hydrogens is 448 g/mol. The molecule has 0 aromatic heterocycles. The summed E-state index contributed by atoms with van der Waals surface area (Å²) in [6.45, 7) is 10.0. The number of Topliss-reactive ketones (excluding diaryl/α,β-unsaturated/α-hetero) is 1. The van der Waals surface area contributed by atoms with Crippen molar-refractivity contribution >= 4 is 23.2 Å². The van der Waals surface area contributed by atoms with Crippen LogP contribution >= 0.6 is 11.6 Å². The first-order valence-corrected chi connectivity index (χ1v) is 11.5. The fourth-order valence-corrected chi connectivity index (χ4v) is 5.13. The van der Waals surface area contributed by atoms with Gasteiger partial charge in [0.2, 0.25) is 17.2 Å². The Labute approximate surface area is 199 Å². The van der Waals surface area contributed by atoms with Crippen molar-refractivity contribution in [1.82, 2.24) is 10.2 Å². The predicted molar refractivity (Wildman–Crippen MR) is 124 cm³/mol. The van der Waals surface area contributed by atoms with Gasteiger partial charge in [-0.05, 0) is 20.3 Å². The number of benzene rings is 1. The van der Waals surface area contributed by atoms with E-state index in [0.717, 1.165) is 32.0 Å². The molecule has 0 amide bonds. The van der Waals surface area contributed by atoms with Crippen molar-refractivity contribution < 1.29 is 28.5 Å². The van der Waals surface area contributed by atoms with Crippen LogP contribution in [0.5, 0.6) is 17.2 Å². The number of rotatable bonds is 6. The Hall–Kier alpha value is -2.29. The van der Waals surface area contributed by atoms with Gasteiger partial charge in [0.15, 0.2) is 5.75 Å². The largest absolute Gasteiger partial charge is 0.496 e. The van der Waals surface area contributed by atoms with Crippen molar-refractivity contribution in [1.29, 1.82) is 0 Å². The summed E-state index contributed by atoms with van der Waals surface area (Å²) in [5.41, 5.74) is -0.792. The van der Waals surface area contributed by atoms with Crippen molar-refractivity contribution in [3.63, 3.8) is 0 Å². The second-order valence-electron chi connectivity index (χ2n) is 9.37. The highest BCUT2D eigenvalue weighted by Crippen LogP contribution is 2.52. The summed E-state index contributed by atoms with van der Waals surface area (Å²) in [7, 11) is 2.92. The molecule has 2 heterocycles. The Balaban J connectivity index is 1.58. The number of carbonyl (C=O) groups excluding carboxylic acids is 2. The number of methoxy groups -OCH3 is 2. The lowest BCUT2D eigenvalue weighted by molar-refractivity contribution is -0.129. The van der Waals surface area contributed by atoms with Gasteiger partial charge in [-0.1, -0.05) is 18.5 Å². The fourth-order valence-electron chi connectivity index (χ4n) is 4.86. The average Bonchev–Trinajstić information content (AvgIpc) is 3.12. The molecule has 0 saturated carbocycles. The van der Waals surface area contributed by atoms with Crippen LogP contribution in [0.1, 0.15) is 37.6 Å². The van der Waals surface area contributed by atoms with Crippen molar-refractivity contribution in [3.05, 3.63) is 28.4 Å². The zero-order chi connectivity index (χ0) is 24.0. The molecule has 2 atom stereocenters. The van der Waals surface area contributed by atoms with E-state index in [4.69, 9.17) is 30.5 Å². The molecule has 1 fully saturated rings. The van der Waals surface area contributed by atoms with Gasteiger partial charge in [-0.25, -0.2) is 0 Å². The van der Waals surface area contributed by atoms with Crippen molar-refractivity contribution in [2.24, 2.45) is 5.92 Å². The molecular formula is C24H31ClN2O6. The number of morpholine rings is 1. The number of ether oxygens (including phenoxy) is 4. The maximum atomic E-state index is 13.6. The molecule has 8 nitrogen and oxygen atoms in total. The zero-order valence-corrected chi connectivity index (χ0v) is 20.5. The van der Waals surface area contributed by atoms with E-state index in [0.29, 0.717) is 18.7 Å². The minimum atomic E-state index is -1.66. The van der Waals surface area contributed by atoms with Gasteiger partial charge < -0.3 is 24.3 Å². The Bertz CT molecular complexity index is 1000. The first kappa shape index (κ1) is 23.9. The first-order chi connectivity index (χ1) is 15.7. The Morgan fingerprint density at radius 3 is 2.48 bits per heavy atom. The molecule has 1 aliphatic carbocycles. The van der Waals surface area contributed by atoms with Crippen LogP contribution < -0.4 is 19.5 Å². The average molecular weight is 479 g/mol. The summed E-state index contributed by atoms with van der Waals surface area (Å²) < 4.78 is 22.2. The number of hydrogen-bond donors (Lipinski definition) is 1. The van der Waals surface area contributed by atoms with Crippen LogP contribution in [0, 0.1) is 5.92 Å². The van der Waals surface area contributed by atoms with E-state index < -0.39 is 23.1 Å². The van der Waals surface area contributed by atoms with Gasteiger partial charge in [0.1, 0.15) is 22.1 Å². The summed E-state index contributed by atoms with van der Waals surface area (Å²) in [6.07, 6.45) is 1.98. The van der Waals surface area contributed by atoms with Crippen molar-refractivity contribution in [2.45, 2.75) is 38.3 Å². The summed E-state index contributed by atoms with van der Waals surface area (Å²) in [5.74, 6) is -0.511. The van der Waals surface area contributed by atoms with Crippen molar-refractivity contribution in [2.75, 3.05) is 47.1 Å². The standard InChI is InChI=1S/C24H31ClN2O6/c1-14-10-15(26-13-23(2,3)27-6-8-32-9-7-27)11-18(28)24(14)22(29)19-16(30-4)12-17(31-5)20(25)21(19)33-24/h11-12,14,26H,6-10,13H2,1-5H3/t14-,24+/m1/s1. The molecule has 1 aromatic carbocycles. The Morgan fingerprint density at radius 1 is 1.21 bits per heavy atom. The third kappa shape index (κ3) is 3.88. The quantitative estimate of drug-likeness (QED) is 0.625. The molecule has 33 heavy (non-hydrogen) atoms. The molecule has 9 heteroatoms. The summed E-state index contributed by atoms with van der Waals surface area (Å²) >= 11 is 6.44. The minimum absolute atomic E-state index is 0.112. The van der Waals surface area contributed by atoms with Gasteiger partial charge in [0.05, 0.1) is 27.4 Å². The van der Waals surface area contributed by atoms with E-state index in [-0.39, 0.29) is 27.6 Å². The topological polar surface area (TPSA) is 86.3 Å². The smallest absolute Gasteiger partial charge is 0.236 e. The molecule has 3 aliphatic rings. The predicted octanol–water partition coefficient (Wildman–Crippen LogP) is 2.86. The fraction of sp³-hybridized carbons (Fsp3) is 0.583. The van der Waals surface area contributed by atoms with Gasteiger partial charge in [0.25, 0.3) is 0 Å². The van der Waals surface area contributed by atoms with Gasteiger partial charge in [-0.15, -0.1) is 0 Å². The van der Waals surface area contributed by atoms with Crippen LogP contribution in [0.3, 0.4) is 0 Å². The Kier molecular flexibility index (Phi) is 6.37. The molecule has 4 rings (SSSR count). The third-order valence-electron chi connectivity index (χ3n) is 6.93. The summed E-state index contributed by atoms with van der Waals surface area (Å²) in [4.78, 5) is 29.3. The minimum Gasteiger partial charge on any atom is -0.496 e. The van der Waals surface area contributed by atoms with E-state index in [9.17, 15) is 9.59 Å². The van der Waals surface area contributed by atoms with E-state index in [2.05, 4.69) is 24.1 Å². The van der Waals surface area contributed by atoms with E-state index in [1.54, 1.807) is 0 Å². The number of carbonyl (C=O) groups is 2. The third-order valence-corrected chi connectivity index (χ3v) is 7.28. The van der Waals surface area contributed by atoms with Crippen LogP contribution in [-0.4, -0.2) is 74.7 Å². The highest BCUT2D eigenvalue weighted by molar-refractivity contribution is 6.36. The number of fused-ring (bicyclic) bond motifs is 1. The van der Waals surface area contributed by atoms with E-state index in [1.165, 1.54) is 26.4 Å². The first-order valence-electron chi connectivity index (χ1n) is 11.2. The molecule has 0 unspecified atom stereocenters. The second-order valence-corrected chi connectivity index (χ2v) is 9.75. The number of halogens is 1. The second kappa shape index (κ2) is 8.81. The highest BCUT2D eigenvalue weighted by Gasteiger charge is 2.60. The number of ketones is 2. The van der Waals surface area contributed by atoms with Crippen LogP contribution in [0.2, 0.25) is 5.02 Å². The highest BCUT2D eigenvalue weighted by atomic mass is 35.5. The SMILES string of the molecule is COc1cc(OC)c2c(c1Cl)O[C@@]1(C(=O)C=C(NCC(C)(C)N3CCOCC3)C[C@H]1C)C2=O. The van der Waals surface area contributed by atoms with Gasteiger partial charge >= 0.3 is 0 Å². The molecule has 1 N–H and O–H groups in total. The number of allylic oxidation sites excluding steroid dienone is 1. The summed E-state index contributed by atoms with van der Waals surface area (Å²) in [6, 6.07) is 1.54.